The first-order chi connectivity index (χ1) is 7.48. The first-order valence-electron chi connectivity index (χ1n) is 5.16. The van der Waals surface area contributed by atoms with E-state index in [1.165, 1.54) is 0 Å². The van der Waals surface area contributed by atoms with Gasteiger partial charge in [0.05, 0.1) is 0 Å². The summed E-state index contributed by atoms with van der Waals surface area (Å²) in [5.74, 6) is 1.38. The van der Waals surface area contributed by atoms with Crippen molar-refractivity contribution in [3.8, 4) is 0 Å². The number of hydrogen-bond acceptors (Lipinski definition) is 3. The summed E-state index contributed by atoms with van der Waals surface area (Å²) in [7, 11) is 0. The fourth-order valence-corrected chi connectivity index (χ4v) is 3.19. The quantitative estimate of drug-likeness (QED) is 0.799. The zero-order chi connectivity index (χ0) is 11.8. The Morgan fingerprint density at radius 1 is 1.56 bits per heavy atom. The van der Waals surface area contributed by atoms with Crippen LogP contribution in [-0.4, -0.2) is 34.4 Å². The van der Waals surface area contributed by atoms with Gasteiger partial charge in [-0.05, 0) is 41.9 Å². The summed E-state index contributed by atoms with van der Waals surface area (Å²) in [6.45, 7) is 5.89. The smallest absolute Gasteiger partial charge is 0.289 e. The fraction of sp³-hybridized carbons (Fsp3) is 0.545. The van der Waals surface area contributed by atoms with E-state index in [0.717, 1.165) is 18.8 Å². The molecule has 0 atom stereocenters. The molecule has 3 nitrogen and oxygen atoms in total. The second-order valence-corrected chi connectivity index (χ2v) is 7.02. The maximum Gasteiger partial charge on any atom is 0.289 e. The summed E-state index contributed by atoms with van der Waals surface area (Å²) >= 11 is 5.11. The van der Waals surface area contributed by atoms with Gasteiger partial charge in [0.2, 0.25) is 0 Å². The van der Waals surface area contributed by atoms with Crippen LogP contribution in [0.1, 0.15) is 24.4 Å². The van der Waals surface area contributed by atoms with E-state index in [2.05, 4.69) is 29.8 Å². The zero-order valence-electron chi connectivity index (χ0n) is 9.33. The molecule has 1 fully saturated rings. The Hall–Kier alpha value is -0.420. The molecule has 1 saturated heterocycles. The van der Waals surface area contributed by atoms with Gasteiger partial charge in [0.25, 0.3) is 5.91 Å². The molecule has 2 heterocycles. The van der Waals surface area contributed by atoms with E-state index < -0.39 is 0 Å². The Labute approximate surface area is 108 Å². The third-order valence-electron chi connectivity index (χ3n) is 2.50. The van der Waals surface area contributed by atoms with Crippen molar-refractivity contribution in [3.05, 3.63) is 22.6 Å². The summed E-state index contributed by atoms with van der Waals surface area (Å²) in [5, 5.41) is 0. The van der Waals surface area contributed by atoms with E-state index in [1.807, 2.05) is 16.7 Å². The van der Waals surface area contributed by atoms with Crippen molar-refractivity contribution in [1.29, 1.82) is 0 Å². The van der Waals surface area contributed by atoms with Crippen molar-refractivity contribution in [2.45, 2.75) is 18.6 Å². The number of halogens is 1. The van der Waals surface area contributed by atoms with Crippen molar-refractivity contribution >= 4 is 33.6 Å². The highest BCUT2D eigenvalue weighted by Crippen LogP contribution is 2.30. The lowest BCUT2D eigenvalue weighted by molar-refractivity contribution is 0.0714. The van der Waals surface area contributed by atoms with Crippen LogP contribution in [0.5, 0.6) is 0 Å². The van der Waals surface area contributed by atoms with Crippen molar-refractivity contribution in [2.75, 3.05) is 18.8 Å². The SMILES string of the molecule is CC1(C)CN(C(=O)c2ccc(Br)o2)CCS1. The number of thioether (sulfide) groups is 1. The number of furan rings is 1. The zero-order valence-corrected chi connectivity index (χ0v) is 11.7. The Kier molecular flexibility index (Phi) is 3.35. The summed E-state index contributed by atoms with van der Waals surface area (Å²) in [5.41, 5.74) is 0. The van der Waals surface area contributed by atoms with Crippen LogP contribution in [0.4, 0.5) is 0 Å². The van der Waals surface area contributed by atoms with Gasteiger partial charge < -0.3 is 9.32 Å². The van der Waals surface area contributed by atoms with Gasteiger partial charge in [0.15, 0.2) is 10.4 Å². The summed E-state index contributed by atoms with van der Waals surface area (Å²) < 4.78 is 6.02. The van der Waals surface area contributed by atoms with Gasteiger partial charge in [-0.25, -0.2) is 0 Å². The third kappa shape index (κ3) is 2.63. The van der Waals surface area contributed by atoms with E-state index in [4.69, 9.17) is 4.42 Å². The van der Waals surface area contributed by atoms with E-state index in [0.29, 0.717) is 10.4 Å². The number of carbonyl (C=O) groups excluding carboxylic acids is 1. The molecule has 2 rings (SSSR count). The predicted octanol–water partition coefficient (Wildman–Crippen LogP) is 3.01. The third-order valence-corrected chi connectivity index (χ3v) is 4.22. The lowest BCUT2D eigenvalue weighted by Crippen LogP contribution is -2.46. The molecule has 0 aromatic carbocycles. The van der Waals surface area contributed by atoms with Crippen molar-refractivity contribution in [2.24, 2.45) is 0 Å². The van der Waals surface area contributed by atoms with Gasteiger partial charge in [-0.1, -0.05) is 0 Å². The maximum absolute atomic E-state index is 12.1. The molecule has 0 unspecified atom stereocenters. The van der Waals surface area contributed by atoms with E-state index in [1.54, 1.807) is 12.1 Å². The minimum absolute atomic E-state index is 0.0147. The van der Waals surface area contributed by atoms with E-state index in [9.17, 15) is 4.79 Å². The number of rotatable bonds is 1. The van der Waals surface area contributed by atoms with Crippen molar-refractivity contribution < 1.29 is 9.21 Å². The van der Waals surface area contributed by atoms with Crippen LogP contribution in [-0.2, 0) is 0 Å². The fourth-order valence-electron chi connectivity index (χ4n) is 1.77. The van der Waals surface area contributed by atoms with Crippen LogP contribution >= 0.6 is 27.7 Å². The van der Waals surface area contributed by atoms with Crippen LogP contribution < -0.4 is 0 Å². The average Bonchev–Trinajstić information content (AvgIpc) is 2.62. The minimum Gasteiger partial charge on any atom is -0.444 e. The molecule has 0 radical (unpaired) electrons. The molecule has 1 aromatic rings. The highest BCUT2D eigenvalue weighted by atomic mass is 79.9. The molecular weight excluding hydrogens is 290 g/mol. The molecule has 1 amide bonds. The van der Waals surface area contributed by atoms with Crippen molar-refractivity contribution in [1.82, 2.24) is 4.90 Å². The summed E-state index contributed by atoms with van der Waals surface area (Å²) in [4.78, 5) is 14.0. The molecule has 16 heavy (non-hydrogen) atoms. The molecule has 1 aromatic heterocycles. The van der Waals surface area contributed by atoms with Crippen LogP contribution in [0, 0.1) is 0 Å². The average molecular weight is 304 g/mol. The molecule has 5 heteroatoms. The molecule has 0 saturated carbocycles. The van der Waals surface area contributed by atoms with E-state index >= 15 is 0 Å². The summed E-state index contributed by atoms with van der Waals surface area (Å²) in [6, 6.07) is 3.46. The van der Waals surface area contributed by atoms with Gasteiger partial charge in [-0.3, -0.25) is 4.79 Å². The summed E-state index contributed by atoms with van der Waals surface area (Å²) in [6.07, 6.45) is 0. The molecule has 0 N–H and O–H groups in total. The van der Waals surface area contributed by atoms with Gasteiger partial charge in [0.1, 0.15) is 0 Å². The van der Waals surface area contributed by atoms with Crippen molar-refractivity contribution in [3.63, 3.8) is 0 Å². The molecule has 0 bridgehead atoms. The lowest BCUT2D eigenvalue weighted by atomic mass is 10.2. The monoisotopic (exact) mass is 303 g/mol. The number of carbonyl (C=O) groups is 1. The predicted molar refractivity (Wildman–Crippen MR) is 68.8 cm³/mol. The largest absolute Gasteiger partial charge is 0.444 e. The number of hydrogen-bond donors (Lipinski definition) is 0. The first-order valence-corrected chi connectivity index (χ1v) is 6.94. The highest BCUT2D eigenvalue weighted by Gasteiger charge is 2.31. The molecule has 88 valence electrons. The molecule has 0 aliphatic carbocycles. The molecule has 1 aliphatic heterocycles. The minimum atomic E-state index is -0.0147. The standard InChI is InChI=1S/C11H14BrNO2S/c1-11(2)7-13(5-6-16-11)10(14)8-3-4-9(12)15-8/h3-4H,5-7H2,1-2H3. The Balaban J connectivity index is 2.10. The second-order valence-electron chi connectivity index (χ2n) is 4.44. The Morgan fingerprint density at radius 3 is 2.88 bits per heavy atom. The van der Waals surface area contributed by atoms with Gasteiger partial charge >= 0.3 is 0 Å². The first kappa shape index (κ1) is 12.0. The maximum atomic E-state index is 12.1. The molecule has 1 aliphatic rings. The van der Waals surface area contributed by atoms with Gasteiger partial charge in [-0.2, -0.15) is 11.8 Å². The van der Waals surface area contributed by atoms with E-state index in [-0.39, 0.29) is 10.7 Å². The normalized spacial score (nSPS) is 19.8. The Morgan fingerprint density at radius 2 is 2.31 bits per heavy atom. The number of nitrogens with zero attached hydrogens (tertiary/aromatic N) is 1. The molecule has 0 spiro atoms. The van der Waals surface area contributed by atoms with Crippen LogP contribution in [0.3, 0.4) is 0 Å². The van der Waals surface area contributed by atoms with Gasteiger partial charge in [0, 0.05) is 23.6 Å². The van der Waals surface area contributed by atoms with Crippen LogP contribution in [0.15, 0.2) is 21.2 Å². The van der Waals surface area contributed by atoms with Crippen LogP contribution in [0.2, 0.25) is 0 Å². The lowest BCUT2D eigenvalue weighted by Gasteiger charge is -2.37. The topological polar surface area (TPSA) is 33.5 Å². The highest BCUT2D eigenvalue weighted by molar-refractivity contribution is 9.10. The number of amides is 1. The van der Waals surface area contributed by atoms with Gasteiger partial charge in [-0.15, -0.1) is 0 Å². The second kappa shape index (κ2) is 4.45. The molecular formula is C11H14BrNO2S. The van der Waals surface area contributed by atoms with Crippen LogP contribution in [0.25, 0.3) is 0 Å². The Bertz CT molecular complexity index is 402.